The molecule has 2 nitrogen and oxygen atoms in total. The molecular formula is C17H30O2SSi. The fraction of sp³-hybridized carbons (Fsp3) is 0.647. The zero-order chi connectivity index (χ0) is 16.2. The quantitative estimate of drug-likeness (QED) is 0.543. The van der Waals surface area contributed by atoms with Crippen molar-refractivity contribution in [2.75, 3.05) is 7.11 Å². The van der Waals surface area contributed by atoms with Gasteiger partial charge in [-0.1, -0.05) is 46.8 Å². The van der Waals surface area contributed by atoms with Crippen molar-refractivity contribution in [2.45, 2.75) is 64.3 Å². The summed E-state index contributed by atoms with van der Waals surface area (Å²) in [5, 5.41) is 0. The monoisotopic (exact) mass is 326 g/mol. The minimum atomic E-state index is -2.33. The molecule has 0 aliphatic carbocycles. The first-order valence-electron chi connectivity index (χ1n) is 7.81. The molecule has 2 atom stereocenters. The van der Waals surface area contributed by atoms with E-state index in [1.54, 1.807) is 7.11 Å². The van der Waals surface area contributed by atoms with Crippen LogP contribution >= 0.6 is 12.6 Å². The Hall–Kier alpha value is -0.453. The standard InChI is InChI=1S/C17H30O2SSi/c1-8-17(20)21(7,18-6)19-16-10-9-14(12(2)3)11-15(16)13(4)5/h9-13,17,20H,8H2,1-7H3. The summed E-state index contributed by atoms with van der Waals surface area (Å²) in [6, 6.07) is 6.54. The Morgan fingerprint density at radius 3 is 2.19 bits per heavy atom. The van der Waals surface area contributed by atoms with Crippen LogP contribution in [0.15, 0.2) is 18.2 Å². The molecule has 4 heteroatoms. The van der Waals surface area contributed by atoms with Crippen LogP contribution in [0, 0.1) is 0 Å². The Labute approximate surface area is 136 Å². The van der Waals surface area contributed by atoms with E-state index in [0.29, 0.717) is 11.8 Å². The lowest BCUT2D eigenvalue weighted by Gasteiger charge is -2.32. The summed E-state index contributed by atoms with van der Waals surface area (Å²) >= 11 is 4.67. The Kier molecular flexibility index (Phi) is 6.82. The highest BCUT2D eigenvalue weighted by atomic mass is 32.1. The zero-order valence-electron chi connectivity index (χ0n) is 14.4. The van der Waals surface area contributed by atoms with E-state index in [0.717, 1.165) is 12.2 Å². The summed E-state index contributed by atoms with van der Waals surface area (Å²) in [6.07, 6.45) is 0.945. The Morgan fingerprint density at radius 1 is 1.14 bits per heavy atom. The summed E-state index contributed by atoms with van der Waals surface area (Å²) in [5.41, 5.74) is 2.61. The second-order valence-electron chi connectivity index (χ2n) is 6.35. The average Bonchev–Trinajstić information content (AvgIpc) is 2.45. The van der Waals surface area contributed by atoms with Crippen molar-refractivity contribution in [1.29, 1.82) is 0 Å². The van der Waals surface area contributed by atoms with Crippen molar-refractivity contribution < 1.29 is 8.85 Å². The van der Waals surface area contributed by atoms with Gasteiger partial charge in [0, 0.05) is 7.11 Å². The summed E-state index contributed by atoms with van der Waals surface area (Å²) in [5.74, 6) is 1.91. The van der Waals surface area contributed by atoms with E-state index in [4.69, 9.17) is 8.85 Å². The van der Waals surface area contributed by atoms with Gasteiger partial charge in [-0.05, 0) is 42.0 Å². The molecule has 0 spiro atoms. The van der Waals surface area contributed by atoms with Crippen molar-refractivity contribution in [3.8, 4) is 5.75 Å². The lowest BCUT2D eigenvalue weighted by Crippen LogP contribution is -2.50. The van der Waals surface area contributed by atoms with Gasteiger partial charge < -0.3 is 8.85 Å². The Balaban J connectivity index is 3.18. The molecule has 21 heavy (non-hydrogen) atoms. The van der Waals surface area contributed by atoms with Gasteiger partial charge in [-0.15, -0.1) is 0 Å². The molecule has 1 aromatic rings. The zero-order valence-corrected chi connectivity index (χ0v) is 16.3. The van der Waals surface area contributed by atoms with Crippen molar-refractivity contribution >= 4 is 21.2 Å². The Bertz CT molecular complexity index is 462. The maximum absolute atomic E-state index is 6.37. The predicted molar refractivity (Wildman–Crippen MR) is 96.9 cm³/mol. The van der Waals surface area contributed by atoms with Gasteiger partial charge >= 0.3 is 8.56 Å². The summed E-state index contributed by atoms with van der Waals surface area (Å²) in [4.78, 5) is 0.160. The van der Waals surface area contributed by atoms with E-state index in [-0.39, 0.29) is 4.87 Å². The molecule has 2 unspecified atom stereocenters. The molecule has 0 saturated heterocycles. The largest absolute Gasteiger partial charge is 0.519 e. The average molecular weight is 327 g/mol. The maximum atomic E-state index is 6.37. The van der Waals surface area contributed by atoms with Gasteiger partial charge in [-0.25, -0.2) is 0 Å². The lowest BCUT2D eigenvalue weighted by molar-refractivity contribution is 0.300. The van der Waals surface area contributed by atoms with E-state index < -0.39 is 8.56 Å². The van der Waals surface area contributed by atoms with Crippen molar-refractivity contribution in [2.24, 2.45) is 0 Å². The molecule has 1 aromatic carbocycles. The van der Waals surface area contributed by atoms with Crippen LogP contribution in [0.1, 0.15) is 64.0 Å². The first-order chi connectivity index (χ1) is 9.75. The molecular weight excluding hydrogens is 296 g/mol. The summed E-state index contributed by atoms with van der Waals surface area (Å²) in [6.45, 7) is 13.1. The predicted octanol–water partition coefficient (Wildman–Crippen LogP) is 5.28. The van der Waals surface area contributed by atoms with Crippen LogP contribution in [0.2, 0.25) is 6.55 Å². The van der Waals surface area contributed by atoms with E-state index in [1.807, 2.05) is 0 Å². The third-order valence-corrected chi connectivity index (χ3v) is 8.86. The van der Waals surface area contributed by atoms with Gasteiger partial charge in [-0.2, -0.15) is 12.6 Å². The number of hydrogen-bond acceptors (Lipinski definition) is 3. The topological polar surface area (TPSA) is 18.5 Å². The molecule has 0 amide bonds. The molecule has 120 valence electrons. The maximum Gasteiger partial charge on any atom is 0.408 e. The van der Waals surface area contributed by atoms with Gasteiger partial charge in [0.15, 0.2) is 0 Å². The van der Waals surface area contributed by atoms with Crippen molar-refractivity contribution in [3.05, 3.63) is 29.3 Å². The number of thiol groups is 1. The molecule has 0 fully saturated rings. The van der Waals surface area contributed by atoms with Gasteiger partial charge in [0.2, 0.25) is 0 Å². The van der Waals surface area contributed by atoms with Gasteiger partial charge in [-0.3, -0.25) is 0 Å². The minimum Gasteiger partial charge on any atom is -0.519 e. The SMILES string of the molecule is CCC(S)[Si](C)(OC)Oc1ccc(C(C)C)cc1C(C)C. The first kappa shape index (κ1) is 18.6. The second kappa shape index (κ2) is 7.70. The molecule has 0 bridgehead atoms. The number of benzene rings is 1. The van der Waals surface area contributed by atoms with Crippen LogP contribution < -0.4 is 4.43 Å². The van der Waals surface area contributed by atoms with E-state index >= 15 is 0 Å². The van der Waals surface area contributed by atoms with E-state index in [9.17, 15) is 0 Å². The van der Waals surface area contributed by atoms with Gasteiger partial charge in [0.25, 0.3) is 0 Å². The van der Waals surface area contributed by atoms with Crippen molar-refractivity contribution in [1.82, 2.24) is 0 Å². The highest BCUT2D eigenvalue weighted by Crippen LogP contribution is 2.33. The van der Waals surface area contributed by atoms with Crippen LogP contribution in [0.4, 0.5) is 0 Å². The fourth-order valence-electron chi connectivity index (χ4n) is 2.31. The van der Waals surface area contributed by atoms with Crippen LogP contribution in [-0.2, 0) is 4.43 Å². The molecule has 0 saturated carbocycles. The minimum absolute atomic E-state index is 0.160. The molecule has 0 N–H and O–H groups in total. The van der Waals surface area contributed by atoms with E-state index in [2.05, 4.69) is 72.0 Å². The number of rotatable bonds is 7. The van der Waals surface area contributed by atoms with Crippen molar-refractivity contribution in [3.63, 3.8) is 0 Å². The molecule has 0 radical (unpaired) electrons. The molecule has 0 aliphatic rings. The summed E-state index contributed by atoms with van der Waals surface area (Å²) < 4.78 is 12.1. The summed E-state index contributed by atoms with van der Waals surface area (Å²) in [7, 11) is -0.587. The Morgan fingerprint density at radius 2 is 1.76 bits per heavy atom. The molecule has 1 rings (SSSR count). The smallest absolute Gasteiger partial charge is 0.408 e. The van der Waals surface area contributed by atoms with Crippen LogP contribution in [0.5, 0.6) is 5.75 Å². The van der Waals surface area contributed by atoms with Crippen LogP contribution in [-0.4, -0.2) is 20.5 Å². The highest BCUT2D eigenvalue weighted by molar-refractivity contribution is 7.83. The normalized spacial score (nSPS) is 16.1. The molecule has 0 heterocycles. The second-order valence-corrected chi connectivity index (χ2v) is 10.8. The lowest BCUT2D eigenvalue weighted by atomic mass is 9.95. The third-order valence-electron chi connectivity index (χ3n) is 4.03. The molecule has 0 aromatic heterocycles. The third kappa shape index (κ3) is 4.51. The first-order valence-corrected chi connectivity index (χ1v) is 10.7. The van der Waals surface area contributed by atoms with Gasteiger partial charge in [0.1, 0.15) is 5.75 Å². The number of hydrogen-bond donors (Lipinski definition) is 1. The highest BCUT2D eigenvalue weighted by Gasteiger charge is 2.40. The van der Waals surface area contributed by atoms with Crippen LogP contribution in [0.3, 0.4) is 0 Å². The van der Waals surface area contributed by atoms with E-state index in [1.165, 1.54) is 11.1 Å². The van der Waals surface area contributed by atoms with Gasteiger partial charge in [0.05, 0.1) is 4.87 Å². The molecule has 0 aliphatic heterocycles. The fourth-order valence-corrected chi connectivity index (χ4v) is 4.63. The van der Waals surface area contributed by atoms with Crippen LogP contribution in [0.25, 0.3) is 0 Å².